The average Bonchev–Trinajstić information content (AvgIpc) is 2.79. The molecule has 0 bridgehead atoms. The van der Waals surface area contributed by atoms with E-state index in [1.807, 2.05) is 24.3 Å². The van der Waals surface area contributed by atoms with E-state index in [-0.39, 0.29) is 18.1 Å². The topological polar surface area (TPSA) is 66.9 Å². The Morgan fingerprint density at radius 3 is 2.38 bits per heavy atom. The number of hydrogen-bond acceptors (Lipinski definition) is 4. The third-order valence-electron chi connectivity index (χ3n) is 6.84. The number of anilines is 1. The van der Waals surface area contributed by atoms with Crippen molar-refractivity contribution in [1.29, 1.82) is 0 Å². The zero-order chi connectivity index (χ0) is 23.1. The Morgan fingerprint density at radius 1 is 1.09 bits per heavy atom. The molecule has 1 fully saturated rings. The zero-order valence-corrected chi connectivity index (χ0v) is 20.2. The van der Waals surface area contributed by atoms with E-state index >= 15 is 0 Å². The van der Waals surface area contributed by atoms with Crippen molar-refractivity contribution in [3.05, 3.63) is 58.6 Å². The molecule has 4 rings (SSSR count). The van der Waals surface area contributed by atoms with Crippen LogP contribution in [-0.4, -0.2) is 37.9 Å². The van der Waals surface area contributed by atoms with Gasteiger partial charge >= 0.3 is 6.09 Å². The summed E-state index contributed by atoms with van der Waals surface area (Å²) in [5.41, 5.74) is 2.67. The number of fused-ring (bicyclic) bond motifs is 1. The van der Waals surface area contributed by atoms with Crippen molar-refractivity contribution < 1.29 is 17.9 Å². The molecular formula is C24H29ClN2O4S. The van der Waals surface area contributed by atoms with Gasteiger partial charge in [-0.2, -0.15) is 4.31 Å². The standard InChI is InChI=1S/C24H29ClN2O4S/c1-4-24(2,3)17-8-10-19(11-9-17)32(29,30)26-14-12-18(13-15-26)27-22-7-5-6-21(25)20(22)16-31-23(27)28/h5-11,18H,4,12-16H2,1-3H3. The predicted octanol–water partition coefficient (Wildman–Crippen LogP) is 5.34. The van der Waals surface area contributed by atoms with E-state index in [0.29, 0.717) is 35.8 Å². The fraction of sp³-hybridized carbons (Fsp3) is 0.458. The van der Waals surface area contributed by atoms with Gasteiger partial charge in [-0.3, -0.25) is 4.90 Å². The molecule has 0 N–H and O–H groups in total. The maximum absolute atomic E-state index is 13.2. The number of sulfonamides is 1. The Morgan fingerprint density at radius 2 is 1.75 bits per heavy atom. The van der Waals surface area contributed by atoms with Crippen LogP contribution in [0.1, 0.15) is 51.2 Å². The number of carbonyl (C=O) groups is 1. The lowest BCUT2D eigenvalue weighted by Crippen LogP contribution is -2.50. The number of rotatable bonds is 5. The van der Waals surface area contributed by atoms with Gasteiger partial charge < -0.3 is 4.74 Å². The Bertz CT molecular complexity index is 1110. The van der Waals surface area contributed by atoms with Gasteiger partial charge in [0.1, 0.15) is 6.61 Å². The highest BCUT2D eigenvalue weighted by Crippen LogP contribution is 2.36. The number of piperidine rings is 1. The van der Waals surface area contributed by atoms with Crippen LogP contribution < -0.4 is 4.90 Å². The first-order chi connectivity index (χ1) is 15.1. The Labute approximate surface area is 195 Å². The van der Waals surface area contributed by atoms with E-state index in [2.05, 4.69) is 20.8 Å². The molecule has 0 spiro atoms. The number of carbonyl (C=O) groups excluding carboxylic acids is 1. The van der Waals surface area contributed by atoms with E-state index in [1.54, 1.807) is 23.1 Å². The van der Waals surface area contributed by atoms with Crippen LogP contribution in [0, 0.1) is 0 Å². The molecule has 1 amide bonds. The first-order valence-corrected chi connectivity index (χ1v) is 12.8. The van der Waals surface area contributed by atoms with E-state index in [0.717, 1.165) is 23.2 Å². The lowest BCUT2D eigenvalue weighted by Gasteiger charge is -2.40. The van der Waals surface area contributed by atoms with Crippen molar-refractivity contribution in [2.24, 2.45) is 0 Å². The third-order valence-corrected chi connectivity index (χ3v) is 9.10. The second kappa shape index (κ2) is 8.69. The van der Waals surface area contributed by atoms with Gasteiger partial charge in [0, 0.05) is 29.7 Å². The number of nitrogens with zero attached hydrogens (tertiary/aromatic N) is 2. The third kappa shape index (κ3) is 4.14. The molecule has 2 aliphatic rings. The molecule has 2 aromatic rings. The molecule has 172 valence electrons. The van der Waals surface area contributed by atoms with Crippen molar-refractivity contribution >= 4 is 33.4 Å². The number of cyclic esters (lactones) is 1. The molecule has 2 aliphatic heterocycles. The van der Waals surface area contributed by atoms with Crippen LogP contribution in [-0.2, 0) is 26.8 Å². The van der Waals surface area contributed by atoms with Gasteiger partial charge in [0.25, 0.3) is 0 Å². The Hall–Kier alpha value is -2.09. The molecule has 1 saturated heterocycles. The highest BCUT2D eigenvalue weighted by Gasteiger charge is 2.37. The van der Waals surface area contributed by atoms with E-state index in [9.17, 15) is 13.2 Å². The quantitative estimate of drug-likeness (QED) is 0.584. The van der Waals surface area contributed by atoms with Gasteiger partial charge in [0.2, 0.25) is 10.0 Å². The molecule has 0 atom stereocenters. The fourth-order valence-corrected chi connectivity index (χ4v) is 6.03. The van der Waals surface area contributed by atoms with Crippen molar-refractivity contribution in [2.45, 2.75) is 63.0 Å². The summed E-state index contributed by atoms with van der Waals surface area (Å²) in [6.07, 6.45) is 1.62. The minimum atomic E-state index is -3.59. The van der Waals surface area contributed by atoms with Crippen molar-refractivity contribution in [1.82, 2.24) is 4.31 Å². The number of ether oxygens (including phenoxy) is 1. The van der Waals surface area contributed by atoms with Crippen molar-refractivity contribution in [2.75, 3.05) is 18.0 Å². The second-order valence-electron chi connectivity index (χ2n) is 9.06. The highest BCUT2D eigenvalue weighted by atomic mass is 35.5. The molecule has 0 saturated carbocycles. The van der Waals surface area contributed by atoms with Crippen LogP contribution in [0.4, 0.5) is 10.5 Å². The van der Waals surface area contributed by atoms with E-state index in [1.165, 1.54) is 4.31 Å². The van der Waals surface area contributed by atoms with Crippen LogP contribution in [0.5, 0.6) is 0 Å². The van der Waals surface area contributed by atoms with Gasteiger partial charge in [-0.25, -0.2) is 13.2 Å². The van der Waals surface area contributed by atoms with Gasteiger partial charge in [-0.15, -0.1) is 0 Å². The zero-order valence-electron chi connectivity index (χ0n) is 18.7. The summed E-state index contributed by atoms with van der Waals surface area (Å²) < 4.78 is 33.3. The molecule has 8 heteroatoms. The summed E-state index contributed by atoms with van der Waals surface area (Å²) in [6.45, 7) is 7.27. The lowest BCUT2D eigenvalue weighted by atomic mass is 9.82. The maximum atomic E-state index is 13.2. The van der Waals surface area contributed by atoms with Gasteiger partial charge in [-0.1, -0.05) is 50.6 Å². The monoisotopic (exact) mass is 476 g/mol. The van der Waals surface area contributed by atoms with Gasteiger partial charge in [0.05, 0.1) is 10.6 Å². The highest BCUT2D eigenvalue weighted by molar-refractivity contribution is 7.89. The largest absolute Gasteiger partial charge is 0.444 e. The van der Waals surface area contributed by atoms with Gasteiger partial charge in [-0.05, 0) is 54.5 Å². The summed E-state index contributed by atoms with van der Waals surface area (Å²) in [7, 11) is -3.59. The minimum Gasteiger partial charge on any atom is -0.444 e. The smallest absolute Gasteiger partial charge is 0.414 e. The lowest BCUT2D eigenvalue weighted by molar-refractivity contribution is 0.136. The summed E-state index contributed by atoms with van der Waals surface area (Å²) >= 11 is 6.29. The van der Waals surface area contributed by atoms with Crippen LogP contribution in [0.25, 0.3) is 0 Å². The number of benzene rings is 2. The van der Waals surface area contributed by atoms with Crippen molar-refractivity contribution in [3.63, 3.8) is 0 Å². The Balaban J connectivity index is 1.49. The predicted molar refractivity (Wildman–Crippen MR) is 126 cm³/mol. The van der Waals surface area contributed by atoms with E-state index in [4.69, 9.17) is 16.3 Å². The normalized spacial score (nSPS) is 18.4. The molecule has 0 aliphatic carbocycles. The first kappa shape index (κ1) is 23.1. The summed E-state index contributed by atoms with van der Waals surface area (Å²) in [5.74, 6) is 0. The fourth-order valence-electron chi connectivity index (χ4n) is 4.34. The SMILES string of the molecule is CCC(C)(C)c1ccc(S(=O)(=O)N2CCC(N3C(=O)OCc4c(Cl)cccc43)CC2)cc1. The van der Waals surface area contributed by atoms with Gasteiger partial charge in [0.15, 0.2) is 0 Å². The molecule has 0 unspecified atom stereocenters. The summed E-state index contributed by atoms with van der Waals surface area (Å²) in [4.78, 5) is 14.5. The summed E-state index contributed by atoms with van der Waals surface area (Å²) in [6, 6.07) is 12.5. The summed E-state index contributed by atoms with van der Waals surface area (Å²) in [5, 5.41) is 0.565. The van der Waals surface area contributed by atoms with E-state index < -0.39 is 16.1 Å². The number of hydrogen-bond donors (Lipinski definition) is 0. The van der Waals surface area contributed by atoms with Crippen LogP contribution >= 0.6 is 11.6 Å². The second-order valence-corrected chi connectivity index (χ2v) is 11.4. The molecule has 6 nitrogen and oxygen atoms in total. The van der Waals surface area contributed by atoms with Crippen molar-refractivity contribution in [3.8, 4) is 0 Å². The maximum Gasteiger partial charge on any atom is 0.414 e. The van der Waals surface area contributed by atoms with Crippen LogP contribution in [0.3, 0.4) is 0 Å². The first-order valence-electron chi connectivity index (χ1n) is 11.0. The van der Waals surface area contributed by atoms with Crippen LogP contribution in [0.15, 0.2) is 47.4 Å². The molecular weight excluding hydrogens is 448 g/mol. The minimum absolute atomic E-state index is 0.00285. The average molecular weight is 477 g/mol. The molecule has 2 aromatic carbocycles. The molecule has 32 heavy (non-hydrogen) atoms. The molecule has 2 heterocycles. The Kier molecular flexibility index (Phi) is 6.27. The number of amides is 1. The molecule has 0 radical (unpaired) electrons. The number of halogens is 1. The van der Waals surface area contributed by atoms with Crippen LogP contribution in [0.2, 0.25) is 5.02 Å². The molecule has 0 aromatic heterocycles.